The molecule has 0 amide bonds. The lowest BCUT2D eigenvalue weighted by atomic mass is 10.3. The maximum atomic E-state index is 5.83. The number of rotatable bonds is 4. The molecule has 2 N–H and O–H groups in total. The smallest absolute Gasteiger partial charge is 0.0311 e. The van der Waals surface area contributed by atoms with Crippen LogP contribution in [0, 0.1) is 0 Å². The van der Waals surface area contributed by atoms with Crippen LogP contribution in [0.25, 0.3) is 0 Å². The van der Waals surface area contributed by atoms with E-state index in [4.69, 9.17) is 5.73 Å². The van der Waals surface area contributed by atoms with Gasteiger partial charge in [0.25, 0.3) is 0 Å². The summed E-state index contributed by atoms with van der Waals surface area (Å²) in [5.74, 6) is 0.985. The first-order chi connectivity index (χ1) is 6.24. The second-order valence-electron chi connectivity index (χ2n) is 2.91. The summed E-state index contributed by atoms with van der Waals surface area (Å²) >= 11 is 5.31. The number of benzene rings is 1. The highest BCUT2D eigenvalue weighted by Gasteiger charge is 2.02. The summed E-state index contributed by atoms with van der Waals surface area (Å²) in [5.41, 5.74) is 5.83. The summed E-state index contributed by atoms with van der Waals surface area (Å²) in [6.07, 6.45) is 1.04. The van der Waals surface area contributed by atoms with E-state index in [9.17, 15) is 0 Å². The maximum Gasteiger partial charge on any atom is 0.0311 e. The predicted octanol–water partition coefficient (Wildman–Crippen LogP) is 3.28. The molecule has 0 aliphatic rings. The Labute approximate surface area is 92.2 Å². The van der Waals surface area contributed by atoms with Crippen molar-refractivity contribution in [1.82, 2.24) is 0 Å². The molecule has 13 heavy (non-hydrogen) atoms. The first-order valence-corrected chi connectivity index (χ1v) is 6.14. The highest BCUT2D eigenvalue weighted by molar-refractivity contribution is 9.10. The molecule has 72 valence electrons. The first-order valence-electron chi connectivity index (χ1n) is 4.37. The molecule has 3 heteroatoms. The Morgan fingerprint density at radius 2 is 2.15 bits per heavy atom. The van der Waals surface area contributed by atoms with E-state index in [0.29, 0.717) is 6.04 Å². The van der Waals surface area contributed by atoms with Crippen LogP contribution in [-0.4, -0.2) is 11.8 Å². The summed E-state index contributed by atoms with van der Waals surface area (Å²) in [4.78, 5) is 1.27. The molecule has 0 aromatic heterocycles. The van der Waals surface area contributed by atoms with E-state index >= 15 is 0 Å². The molecule has 1 aromatic carbocycles. The van der Waals surface area contributed by atoms with Crippen LogP contribution in [0.1, 0.15) is 13.3 Å². The zero-order chi connectivity index (χ0) is 9.68. The molecule has 1 unspecified atom stereocenters. The molecule has 1 atom stereocenters. The fourth-order valence-corrected chi connectivity index (χ4v) is 2.51. The van der Waals surface area contributed by atoms with Gasteiger partial charge in [0, 0.05) is 21.2 Å². The molecular formula is C10H14BrNS. The van der Waals surface area contributed by atoms with Gasteiger partial charge in [0.1, 0.15) is 0 Å². The SMILES string of the molecule is CCC(N)CSc1ccccc1Br. The third kappa shape index (κ3) is 3.71. The van der Waals surface area contributed by atoms with Crippen LogP contribution >= 0.6 is 27.7 Å². The van der Waals surface area contributed by atoms with Crippen molar-refractivity contribution >= 4 is 27.7 Å². The fourth-order valence-electron chi connectivity index (χ4n) is 0.876. The van der Waals surface area contributed by atoms with Crippen LogP contribution in [0.3, 0.4) is 0 Å². The highest BCUT2D eigenvalue weighted by Crippen LogP contribution is 2.27. The van der Waals surface area contributed by atoms with E-state index < -0.39 is 0 Å². The number of halogens is 1. The molecule has 0 saturated carbocycles. The molecule has 0 aliphatic heterocycles. The van der Waals surface area contributed by atoms with Crippen molar-refractivity contribution in [2.45, 2.75) is 24.3 Å². The minimum Gasteiger partial charge on any atom is -0.327 e. The summed E-state index contributed by atoms with van der Waals surface area (Å²) in [7, 11) is 0. The van der Waals surface area contributed by atoms with Gasteiger partial charge in [-0.3, -0.25) is 0 Å². The van der Waals surface area contributed by atoms with Crippen molar-refractivity contribution in [3.8, 4) is 0 Å². The van der Waals surface area contributed by atoms with Gasteiger partial charge < -0.3 is 5.73 Å². The molecule has 0 spiro atoms. The Morgan fingerprint density at radius 3 is 2.77 bits per heavy atom. The van der Waals surface area contributed by atoms with E-state index in [-0.39, 0.29) is 0 Å². The van der Waals surface area contributed by atoms with Crippen molar-refractivity contribution in [2.24, 2.45) is 5.73 Å². The molecular weight excluding hydrogens is 246 g/mol. The zero-order valence-corrected chi connectivity index (χ0v) is 10.1. The molecule has 0 bridgehead atoms. The van der Waals surface area contributed by atoms with E-state index in [0.717, 1.165) is 16.6 Å². The fraction of sp³-hybridized carbons (Fsp3) is 0.400. The molecule has 0 fully saturated rings. The molecule has 1 aromatic rings. The second-order valence-corrected chi connectivity index (χ2v) is 4.83. The number of thioether (sulfide) groups is 1. The van der Waals surface area contributed by atoms with Crippen LogP contribution in [0.4, 0.5) is 0 Å². The lowest BCUT2D eigenvalue weighted by Crippen LogP contribution is -2.21. The van der Waals surface area contributed by atoms with Crippen molar-refractivity contribution in [3.05, 3.63) is 28.7 Å². The standard InChI is InChI=1S/C10H14BrNS/c1-2-8(12)7-13-10-6-4-3-5-9(10)11/h3-6,8H,2,7,12H2,1H3. The lowest BCUT2D eigenvalue weighted by Gasteiger charge is -2.08. The van der Waals surface area contributed by atoms with E-state index in [1.807, 2.05) is 23.9 Å². The quantitative estimate of drug-likeness (QED) is 0.841. The molecule has 0 saturated heterocycles. The number of hydrogen-bond donors (Lipinski definition) is 1. The number of hydrogen-bond acceptors (Lipinski definition) is 2. The van der Waals surface area contributed by atoms with Gasteiger partial charge in [0.05, 0.1) is 0 Å². The van der Waals surface area contributed by atoms with Gasteiger partial charge in [-0.15, -0.1) is 11.8 Å². The van der Waals surface area contributed by atoms with Crippen LogP contribution in [-0.2, 0) is 0 Å². The van der Waals surface area contributed by atoms with Crippen molar-refractivity contribution in [2.75, 3.05) is 5.75 Å². The predicted molar refractivity (Wildman–Crippen MR) is 63.1 cm³/mol. The van der Waals surface area contributed by atoms with Gasteiger partial charge in [0.15, 0.2) is 0 Å². The summed E-state index contributed by atoms with van der Waals surface area (Å²) in [5, 5.41) is 0. The Morgan fingerprint density at radius 1 is 1.46 bits per heavy atom. The largest absolute Gasteiger partial charge is 0.327 e. The Bertz CT molecular complexity index is 265. The van der Waals surface area contributed by atoms with Gasteiger partial charge in [-0.25, -0.2) is 0 Å². The van der Waals surface area contributed by atoms with E-state index in [1.165, 1.54) is 4.90 Å². The van der Waals surface area contributed by atoms with Crippen LogP contribution in [0.5, 0.6) is 0 Å². The van der Waals surface area contributed by atoms with Gasteiger partial charge >= 0.3 is 0 Å². The minimum absolute atomic E-state index is 0.303. The lowest BCUT2D eigenvalue weighted by molar-refractivity contribution is 0.725. The van der Waals surface area contributed by atoms with Gasteiger partial charge in [-0.05, 0) is 34.5 Å². The monoisotopic (exact) mass is 259 g/mol. The molecule has 1 nitrogen and oxygen atoms in total. The normalized spacial score (nSPS) is 12.8. The van der Waals surface area contributed by atoms with Crippen molar-refractivity contribution in [3.63, 3.8) is 0 Å². The van der Waals surface area contributed by atoms with Gasteiger partial charge in [-0.1, -0.05) is 19.1 Å². The van der Waals surface area contributed by atoms with Gasteiger partial charge in [-0.2, -0.15) is 0 Å². The molecule has 0 aliphatic carbocycles. The van der Waals surface area contributed by atoms with Crippen LogP contribution < -0.4 is 5.73 Å². The van der Waals surface area contributed by atoms with Crippen molar-refractivity contribution in [1.29, 1.82) is 0 Å². The highest BCUT2D eigenvalue weighted by atomic mass is 79.9. The summed E-state index contributed by atoms with van der Waals surface area (Å²) < 4.78 is 1.16. The minimum atomic E-state index is 0.303. The summed E-state index contributed by atoms with van der Waals surface area (Å²) in [6, 6.07) is 8.53. The third-order valence-electron chi connectivity index (χ3n) is 1.81. The molecule has 1 rings (SSSR count). The topological polar surface area (TPSA) is 26.0 Å². The van der Waals surface area contributed by atoms with E-state index in [1.54, 1.807) is 0 Å². The average Bonchev–Trinajstić information content (AvgIpc) is 2.16. The van der Waals surface area contributed by atoms with Crippen LogP contribution in [0.2, 0.25) is 0 Å². The van der Waals surface area contributed by atoms with Crippen LogP contribution in [0.15, 0.2) is 33.6 Å². The van der Waals surface area contributed by atoms with Crippen molar-refractivity contribution < 1.29 is 0 Å². The Hall–Kier alpha value is 0.01000. The summed E-state index contributed by atoms with van der Waals surface area (Å²) in [6.45, 7) is 2.12. The third-order valence-corrected chi connectivity index (χ3v) is 4.03. The first kappa shape index (κ1) is 11.1. The molecule has 0 heterocycles. The average molecular weight is 260 g/mol. The number of nitrogens with two attached hydrogens (primary N) is 1. The Kier molecular flexibility index (Phi) is 4.84. The zero-order valence-electron chi connectivity index (χ0n) is 7.66. The maximum absolute atomic E-state index is 5.83. The Balaban J connectivity index is 2.50. The van der Waals surface area contributed by atoms with E-state index in [2.05, 4.69) is 35.0 Å². The second kappa shape index (κ2) is 5.68. The van der Waals surface area contributed by atoms with Gasteiger partial charge in [0.2, 0.25) is 0 Å². The molecule has 0 radical (unpaired) electrons.